The summed E-state index contributed by atoms with van der Waals surface area (Å²) < 4.78 is 0. The van der Waals surface area contributed by atoms with Crippen LogP contribution in [0.1, 0.15) is 66.7 Å². The summed E-state index contributed by atoms with van der Waals surface area (Å²) in [5.41, 5.74) is 0. The van der Waals surface area contributed by atoms with E-state index in [4.69, 9.17) is 0 Å². The zero-order valence-electron chi connectivity index (χ0n) is 10.3. The van der Waals surface area contributed by atoms with Crippen molar-refractivity contribution < 1.29 is 0 Å². The van der Waals surface area contributed by atoms with Crippen molar-refractivity contribution in [1.82, 2.24) is 0 Å². The first-order chi connectivity index (χ1) is 6.20. The van der Waals surface area contributed by atoms with Gasteiger partial charge in [-0.25, -0.2) is 0 Å². The van der Waals surface area contributed by atoms with Gasteiger partial charge >= 0.3 is 0 Å². The predicted molar refractivity (Wildman–Crippen MR) is 61.9 cm³/mol. The van der Waals surface area contributed by atoms with E-state index in [1.807, 2.05) is 13.8 Å². The fraction of sp³-hybridized carbons (Fsp3) is 1.00. The minimum Gasteiger partial charge on any atom is -0.0683 e. The largest absolute Gasteiger partial charge is 0.0683 e. The van der Waals surface area contributed by atoms with Crippen molar-refractivity contribution >= 4 is 0 Å². The average Bonchev–Trinajstić information content (AvgIpc) is 2.12. The van der Waals surface area contributed by atoms with Crippen LogP contribution in [0.2, 0.25) is 0 Å². The van der Waals surface area contributed by atoms with E-state index >= 15 is 0 Å². The first-order valence-electron chi connectivity index (χ1n) is 6.20. The van der Waals surface area contributed by atoms with Crippen molar-refractivity contribution in [2.45, 2.75) is 66.7 Å². The Morgan fingerprint density at radius 2 is 1.62 bits per heavy atom. The summed E-state index contributed by atoms with van der Waals surface area (Å²) >= 11 is 0. The maximum atomic E-state index is 2.44. The van der Waals surface area contributed by atoms with Crippen LogP contribution >= 0.6 is 0 Å². The van der Waals surface area contributed by atoms with Gasteiger partial charge in [-0.2, -0.15) is 0 Å². The molecule has 1 saturated carbocycles. The lowest BCUT2D eigenvalue weighted by Gasteiger charge is -2.29. The summed E-state index contributed by atoms with van der Waals surface area (Å²) in [5, 5.41) is 0. The first kappa shape index (κ1) is 13.0. The molecule has 13 heavy (non-hydrogen) atoms. The van der Waals surface area contributed by atoms with Crippen LogP contribution in [0.25, 0.3) is 0 Å². The predicted octanol–water partition coefficient (Wildman–Crippen LogP) is 4.89. The molecule has 1 aliphatic rings. The molecule has 0 aliphatic heterocycles. The van der Waals surface area contributed by atoms with Gasteiger partial charge in [-0.3, -0.25) is 0 Å². The molecule has 1 fully saturated rings. The van der Waals surface area contributed by atoms with Crippen LogP contribution in [0.4, 0.5) is 0 Å². The number of hydrogen-bond acceptors (Lipinski definition) is 0. The zero-order chi connectivity index (χ0) is 10.3. The van der Waals surface area contributed by atoms with Gasteiger partial charge in [-0.15, -0.1) is 0 Å². The highest BCUT2D eigenvalue weighted by Gasteiger charge is 2.21. The lowest BCUT2D eigenvalue weighted by molar-refractivity contribution is 0.220. The van der Waals surface area contributed by atoms with E-state index in [1.165, 1.54) is 32.1 Å². The van der Waals surface area contributed by atoms with Crippen molar-refractivity contribution in [1.29, 1.82) is 0 Å². The minimum absolute atomic E-state index is 0.903. The summed E-state index contributed by atoms with van der Waals surface area (Å²) in [4.78, 5) is 0. The molecule has 1 aliphatic carbocycles. The number of hydrogen-bond donors (Lipinski definition) is 0. The maximum absolute atomic E-state index is 2.44. The zero-order valence-corrected chi connectivity index (χ0v) is 10.3. The molecule has 0 aromatic rings. The molecule has 0 nitrogen and oxygen atoms in total. The van der Waals surface area contributed by atoms with Gasteiger partial charge in [0.05, 0.1) is 0 Å². The summed E-state index contributed by atoms with van der Waals surface area (Å²) in [7, 11) is 0. The SMILES string of the molecule is CC.CC(C)CC1CCCCC1C. The van der Waals surface area contributed by atoms with Gasteiger partial charge in [0.25, 0.3) is 0 Å². The van der Waals surface area contributed by atoms with Gasteiger partial charge in [-0.05, 0) is 24.2 Å². The van der Waals surface area contributed by atoms with Gasteiger partial charge in [0.2, 0.25) is 0 Å². The van der Waals surface area contributed by atoms with Gasteiger partial charge < -0.3 is 0 Å². The molecule has 0 radical (unpaired) electrons. The van der Waals surface area contributed by atoms with Gasteiger partial charge in [0.15, 0.2) is 0 Å². The molecule has 1 rings (SSSR count). The Morgan fingerprint density at radius 3 is 2.08 bits per heavy atom. The second-order valence-corrected chi connectivity index (χ2v) is 4.65. The molecule has 0 amide bonds. The third-order valence-corrected chi connectivity index (χ3v) is 3.06. The van der Waals surface area contributed by atoms with E-state index in [1.54, 1.807) is 0 Å². The molecule has 0 heteroatoms. The van der Waals surface area contributed by atoms with E-state index in [-0.39, 0.29) is 0 Å². The normalized spacial score (nSPS) is 28.2. The molecular weight excluding hydrogens is 156 g/mol. The summed E-state index contributed by atoms with van der Waals surface area (Å²) in [6.45, 7) is 11.1. The van der Waals surface area contributed by atoms with E-state index in [9.17, 15) is 0 Å². The molecule has 0 aromatic carbocycles. The summed E-state index contributed by atoms with van der Waals surface area (Å²) in [6.07, 6.45) is 7.41. The highest BCUT2D eigenvalue weighted by molar-refractivity contribution is 4.72. The second-order valence-electron chi connectivity index (χ2n) is 4.65. The minimum atomic E-state index is 0.903. The fourth-order valence-corrected chi connectivity index (χ4v) is 2.35. The Bertz CT molecular complexity index is 105. The van der Waals surface area contributed by atoms with E-state index in [0.717, 1.165) is 17.8 Å². The Labute approximate surface area is 85.1 Å². The molecule has 0 aromatic heterocycles. The topological polar surface area (TPSA) is 0 Å². The molecule has 2 atom stereocenters. The lowest BCUT2D eigenvalue weighted by atomic mass is 9.76. The Balaban J connectivity index is 0.000000671. The van der Waals surface area contributed by atoms with Crippen LogP contribution in [0.15, 0.2) is 0 Å². The second kappa shape index (κ2) is 7.41. The number of rotatable bonds is 2. The Hall–Kier alpha value is 0. The van der Waals surface area contributed by atoms with Crippen LogP contribution in [0.5, 0.6) is 0 Å². The van der Waals surface area contributed by atoms with Gasteiger partial charge in [0.1, 0.15) is 0 Å². The molecule has 0 bridgehead atoms. The molecule has 0 saturated heterocycles. The van der Waals surface area contributed by atoms with Crippen LogP contribution in [0.3, 0.4) is 0 Å². The van der Waals surface area contributed by atoms with Crippen LogP contribution in [-0.2, 0) is 0 Å². The van der Waals surface area contributed by atoms with Crippen molar-refractivity contribution in [2.75, 3.05) is 0 Å². The van der Waals surface area contributed by atoms with Crippen LogP contribution in [0, 0.1) is 17.8 Å². The van der Waals surface area contributed by atoms with E-state index in [2.05, 4.69) is 20.8 Å². The van der Waals surface area contributed by atoms with E-state index < -0.39 is 0 Å². The van der Waals surface area contributed by atoms with Crippen molar-refractivity contribution in [3.05, 3.63) is 0 Å². The Morgan fingerprint density at radius 1 is 1.08 bits per heavy atom. The van der Waals surface area contributed by atoms with E-state index in [0.29, 0.717) is 0 Å². The molecule has 0 spiro atoms. The van der Waals surface area contributed by atoms with Gasteiger partial charge in [0, 0.05) is 0 Å². The molecule has 80 valence electrons. The standard InChI is InChI=1S/C11H22.C2H6/c1-9(2)8-11-7-5-4-6-10(11)3;1-2/h9-11H,4-8H2,1-3H3;1-2H3. The molecule has 2 unspecified atom stereocenters. The maximum Gasteiger partial charge on any atom is -0.0386 e. The first-order valence-corrected chi connectivity index (χ1v) is 6.20. The van der Waals surface area contributed by atoms with Crippen LogP contribution < -0.4 is 0 Å². The Kier molecular flexibility index (Phi) is 7.41. The lowest BCUT2D eigenvalue weighted by Crippen LogP contribution is -2.18. The molecular formula is C13H28. The highest BCUT2D eigenvalue weighted by Crippen LogP contribution is 2.33. The smallest absolute Gasteiger partial charge is 0.0386 e. The fourth-order valence-electron chi connectivity index (χ4n) is 2.35. The van der Waals surface area contributed by atoms with Crippen molar-refractivity contribution in [2.24, 2.45) is 17.8 Å². The van der Waals surface area contributed by atoms with Gasteiger partial charge in [-0.1, -0.05) is 60.3 Å². The van der Waals surface area contributed by atoms with Crippen molar-refractivity contribution in [3.63, 3.8) is 0 Å². The third kappa shape index (κ3) is 5.33. The molecule has 0 N–H and O–H groups in total. The monoisotopic (exact) mass is 184 g/mol. The molecule has 0 heterocycles. The average molecular weight is 184 g/mol. The van der Waals surface area contributed by atoms with Crippen LogP contribution in [-0.4, -0.2) is 0 Å². The highest BCUT2D eigenvalue weighted by atomic mass is 14.3. The quantitative estimate of drug-likeness (QED) is 0.573. The summed E-state index contributed by atoms with van der Waals surface area (Å²) in [5.74, 6) is 2.95. The summed E-state index contributed by atoms with van der Waals surface area (Å²) in [6, 6.07) is 0. The van der Waals surface area contributed by atoms with Crippen molar-refractivity contribution in [3.8, 4) is 0 Å². The third-order valence-electron chi connectivity index (χ3n) is 3.06.